The van der Waals surface area contributed by atoms with Crippen molar-refractivity contribution in [1.29, 1.82) is 0 Å². The second kappa shape index (κ2) is 34.2. The summed E-state index contributed by atoms with van der Waals surface area (Å²) in [6.07, 6.45) is 34.6. The Hall–Kier alpha value is -4.88. The fourth-order valence-corrected chi connectivity index (χ4v) is 22.2. The fraction of sp³-hybridized carbons (Fsp3) is 0.624. The average Bonchev–Trinajstić information content (AvgIpc) is 1.56. The maximum absolute atomic E-state index is 15.5. The molecule has 0 spiro atoms. The summed E-state index contributed by atoms with van der Waals surface area (Å²) < 4.78 is 0. The van der Waals surface area contributed by atoms with E-state index in [-0.39, 0.29) is 29.0 Å². The Kier molecular flexibility index (Phi) is 25.9. The highest BCUT2D eigenvalue weighted by Gasteiger charge is 2.55. The maximum Gasteiger partial charge on any atom is 0.236 e. The van der Waals surface area contributed by atoms with Gasteiger partial charge in [-0.2, -0.15) is 0 Å². The average molecular weight is 1390 g/mol. The van der Waals surface area contributed by atoms with E-state index in [9.17, 15) is 0 Å². The SMILES string of the molecule is CCCCCCCCC1(CCCCCCCC)c2cc(-c3cc4c(s3)C(C3C(=O)N(CC(CC)CCCC)c5ccsc53)C(=O)N4CC(CC)CCCC)ccc2-c2ccc(-c3cc4c(s3)C(C3C(=O)N(CC(CC)CCCC)c5ccsc53)C(=O)N4CC(CC)CCCC)cc21. The summed E-state index contributed by atoms with van der Waals surface area (Å²) >= 11 is 6.90. The van der Waals surface area contributed by atoms with Gasteiger partial charge in [-0.05, 0) is 143 Å². The zero-order valence-corrected chi connectivity index (χ0v) is 64.4. The first kappa shape index (κ1) is 73.3. The van der Waals surface area contributed by atoms with Gasteiger partial charge in [-0.25, -0.2) is 0 Å². The molecule has 0 radical (unpaired) electrons. The molecule has 2 aromatic carbocycles. The molecular formula is C85H118N4O4S4. The quantitative estimate of drug-likeness (QED) is 0.0358. The molecule has 8 atom stereocenters. The lowest BCUT2D eigenvalue weighted by atomic mass is 9.70. The van der Waals surface area contributed by atoms with Crippen molar-refractivity contribution in [2.75, 3.05) is 45.8 Å². The lowest BCUT2D eigenvalue weighted by molar-refractivity contribution is -0.125. The highest BCUT2D eigenvalue weighted by atomic mass is 32.1. The van der Waals surface area contributed by atoms with E-state index >= 15 is 19.2 Å². The normalized spacial score (nSPS) is 19.5. The minimum Gasteiger partial charge on any atom is -0.310 e. The molecule has 5 aliphatic rings. The molecule has 1 aliphatic carbocycles. The van der Waals surface area contributed by atoms with Gasteiger partial charge >= 0.3 is 0 Å². The molecule has 4 aliphatic heterocycles. The van der Waals surface area contributed by atoms with E-state index in [1.165, 1.54) is 107 Å². The van der Waals surface area contributed by atoms with Crippen LogP contribution < -0.4 is 19.6 Å². The van der Waals surface area contributed by atoms with Crippen LogP contribution in [0.4, 0.5) is 22.7 Å². The monoisotopic (exact) mass is 1390 g/mol. The number of benzene rings is 2. The van der Waals surface area contributed by atoms with Gasteiger partial charge in [0.05, 0.1) is 46.4 Å². The van der Waals surface area contributed by atoms with Crippen LogP contribution in [0.1, 0.15) is 316 Å². The number of hydrogen-bond acceptors (Lipinski definition) is 8. The number of carbonyl (C=O) groups is 4. The number of hydrogen-bond donors (Lipinski definition) is 0. The fourth-order valence-electron chi connectivity index (χ4n) is 17.6. The van der Waals surface area contributed by atoms with Crippen molar-refractivity contribution in [1.82, 2.24) is 0 Å². The van der Waals surface area contributed by atoms with Crippen molar-refractivity contribution in [2.24, 2.45) is 23.7 Å². The summed E-state index contributed by atoms with van der Waals surface area (Å²) in [6.45, 7) is 25.5. The lowest BCUT2D eigenvalue weighted by Crippen LogP contribution is -2.39. The van der Waals surface area contributed by atoms with Crippen LogP contribution in [-0.4, -0.2) is 49.8 Å². The molecule has 6 aromatic rings. The Morgan fingerprint density at radius 3 is 0.990 bits per heavy atom. The van der Waals surface area contributed by atoms with Crippen LogP contribution in [0.25, 0.3) is 32.0 Å². The molecule has 0 fully saturated rings. The number of rotatable bonds is 42. The van der Waals surface area contributed by atoms with Crippen LogP contribution in [0.5, 0.6) is 0 Å². The standard InChI is InChI=1S/C85H118N4O4S4/c1-11-21-27-29-31-33-45-85(46-34-32-30-28-22-12-2)65-49-61(71-51-69-79(96-71)75(83(92)88(69)55-59(19-9)37-25-15-5)73-77-67(43-47-94-77)86(81(73)90)53-57(17-7)35-23-13-3)39-41-63(65)64-42-40-62(50-66(64)85)72-52-70-80(97-72)76(84(93)89(70)56-60(20-10)38-26-16-6)74-78-68(44-48-95-78)87(82(74)91)54-58(18-8)36-24-14-4/h39-44,47-52,57-60,73-76H,11-38,45-46,53-56H2,1-10H3. The van der Waals surface area contributed by atoms with E-state index in [1.54, 1.807) is 45.3 Å². The molecule has 8 nitrogen and oxygen atoms in total. The van der Waals surface area contributed by atoms with Gasteiger partial charge in [0, 0.05) is 60.9 Å². The lowest BCUT2D eigenvalue weighted by Gasteiger charge is -2.33. The highest BCUT2D eigenvalue weighted by molar-refractivity contribution is 7.17. The number of carbonyl (C=O) groups excluding carboxylic acids is 4. The summed E-state index contributed by atoms with van der Waals surface area (Å²) in [6, 6.07) is 23.8. The molecule has 0 saturated heterocycles. The summed E-state index contributed by atoms with van der Waals surface area (Å²) in [5.74, 6) is -0.137. The Morgan fingerprint density at radius 1 is 0.351 bits per heavy atom. The van der Waals surface area contributed by atoms with Crippen LogP contribution >= 0.6 is 45.3 Å². The van der Waals surface area contributed by atoms with Crippen molar-refractivity contribution in [3.05, 3.63) is 102 Å². The Labute approximate surface area is 601 Å². The van der Waals surface area contributed by atoms with E-state index in [0.717, 1.165) is 171 Å². The number of amides is 4. The van der Waals surface area contributed by atoms with Gasteiger partial charge < -0.3 is 19.6 Å². The molecule has 97 heavy (non-hydrogen) atoms. The second-order valence-electron chi connectivity index (χ2n) is 30.1. The Bertz CT molecular complexity index is 3370. The van der Waals surface area contributed by atoms with Gasteiger partial charge in [0.2, 0.25) is 23.6 Å². The molecular weight excluding hydrogens is 1270 g/mol. The number of unbranched alkanes of at least 4 members (excludes halogenated alkanes) is 14. The van der Waals surface area contributed by atoms with E-state index in [4.69, 9.17) is 0 Å². The topological polar surface area (TPSA) is 81.2 Å². The van der Waals surface area contributed by atoms with Crippen molar-refractivity contribution < 1.29 is 19.2 Å². The van der Waals surface area contributed by atoms with E-state index in [0.29, 0.717) is 49.9 Å². The van der Waals surface area contributed by atoms with Gasteiger partial charge in [-0.1, -0.05) is 248 Å². The van der Waals surface area contributed by atoms with Crippen LogP contribution in [0.2, 0.25) is 0 Å². The second-order valence-corrected chi connectivity index (χ2v) is 34.1. The zero-order valence-electron chi connectivity index (χ0n) is 61.1. The number of thiophene rings is 4. The molecule has 4 aromatic heterocycles. The molecule has 4 amide bonds. The predicted octanol–water partition coefficient (Wildman–Crippen LogP) is 25.0. The molecule has 0 saturated carbocycles. The minimum absolute atomic E-state index is 0.105. The van der Waals surface area contributed by atoms with Crippen molar-refractivity contribution in [3.8, 4) is 32.0 Å². The molecule has 526 valence electrons. The maximum atomic E-state index is 15.5. The molecule has 12 heteroatoms. The van der Waals surface area contributed by atoms with Crippen molar-refractivity contribution in [2.45, 2.75) is 291 Å². The van der Waals surface area contributed by atoms with Gasteiger partial charge in [0.15, 0.2) is 0 Å². The molecule has 0 N–H and O–H groups in total. The van der Waals surface area contributed by atoms with E-state index in [1.807, 2.05) is 0 Å². The first-order valence-corrected chi connectivity index (χ1v) is 42.7. The zero-order chi connectivity index (χ0) is 68.3. The predicted molar refractivity (Wildman–Crippen MR) is 418 cm³/mol. The minimum atomic E-state index is -0.553. The largest absolute Gasteiger partial charge is 0.310 e. The van der Waals surface area contributed by atoms with Crippen LogP contribution in [0.3, 0.4) is 0 Å². The Balaban J connectivity index is 1.01. The van der Waals surface area contributed by atoms with Crippen LogP contribution in [-0.2, 0) is 24.6 Å². The van der Waals surface area contributed by atoms with E-state index in [2.05, 4.69) is 160 Å². The van der Waals surface area contributed by atoms with Gasteiger partial charge in [0.1, 0.15) is 0 Å². The highest BCUT2D eigenvalue weighted by Crippen LogP contribution is 2.61. The first-order chi connectivity index (χ1) is 47.4. The van der Waals surface area contributed by atoms with Gasteiger partial charge in [-0.3, -0.25) is 19.2 Å². The molecule has 8 heterocycles. The number of anilines is 4. The van der Waals surface area contributed by atoms with Gasteiger partial charge in [0.25, 0.3) is 0 Å². The van der Waals surface area contributed by atoms with Crippen molar-refractivity contribution in [3.63, 3.8) is 0 Å². The first-order valence-electron chi connectivity index (χ1n) is 39.3. The third-order valence-electron chi connectivity index (χ3n) is 23.7. The summed E-state index contributed by atoms with van der Waals surface area (Å²) in [4.78, 5) is 76.8. The third kappa shape index (κ3) is 15.1. The smallest absolute Gasteiger partial charge is 0.236 e. The van der Waals surface area contributed by atoms with Gasteiger partial charge in [-0.15, -0.1) is 45.3 Å². The van der Waals surface area contributed by atoms with Crippen molar-refractivity contribution >= 4 is 91.7 Å². The summed E-state index contributed by atoms with van der Waals surface area (Å²) in [5, 5.41) is 4.29. The summed E-state index contributed by atoms with van der Waals surface area (Å²) in [7, 11) is 0. The van der Waals surface area contributed by atoms with Crippen LogP contribution in [0, 0.1) is 23.7 Å². The third-order valence-corrected chi connectivity index (χ3v) is 28.2. The number of fused-ring (bicyclic) bond motifs is 7. The number of nitrogens with zero attached hydrogens (tertiary/aromatic N) is 4. The van der Waals surface area contributed by atoms with Crippen LogP contribution in [0.15, 0.2) is 71.4 Å². The Morgan fingerprint density at radius 2 is 0.660 bits per heavy atom. The molecule has 0 bridgehead atoms. The molecule has 11 rings (SSSR count). The molecule has 8 unspecified atom stereocenters. The summed E-state index contributed by atoms with van der Waals surface area (Å²) in [5.41, 5.74) is 11.9. The van der Waals surface area contributed by atoms with E-state index < -0.39 is 23.7 Å².